The Labute approximate surface area is 177 Å². The minimum Gasteiger partial charge on any atom is -0.483 e. The second kappa shape index (κ2) is 14.1. The summed E-state index contributed by atoms with van der Waals surface area (Å²) >= 11 is 0. The predicted molar refractivity (Wildman–Crippen MR) is 110 cm³/mol. The van der Waals surface area contributed by atoms with Crippen LogP contribution in [0.1, 0.15) is 45.4 Å². The number of amides is 1. The minimum atomic E-state index is -0.250. The van der Waals surface area contributed by atoms with E-state index in [1.54, 1.807) is 17.1 Å². The highest BCUT2D eigenvalue weighted by atomic mass is 16.5. The van der Waals surface area contributed by atoms with Crippen LogP contribution in [0.15, 0.2) is 12.4 Å². The number of aromatic nitrogens is 3. The summed E-state index contributed by atoms with van der Waals surface area (Å²) in [5.41, 5.74) is 0. The SMILES string of the molecule is CCCO[C@@H]1CC[C@H](C(=O)NCCn2ccnn2)C[C@H]1NC1CCOCC1.O=CO. The monoisotopic (exact) mass is 425 g/mol. The summed E-state index contributed by atoms with van der Waals surface area (Å²) in [7, 11) is 0. The third-order valence-electron chi connectivity index (χ3n) is 5.48. The zero-order chi connectivity index (χ0) is 21.6. The Balaban J connectivity index is 0.00000101. The molecule has 0 unspecified atom stereocenters. The van der Waals surface area contributed by atoms with Gasteiger partial charge in [0.05, 0.1) is 18.8 Å². The van der Waals surface area contributed by atoms with E-state index in [2.05, 4.69) is 27.9 Å². The van der Waals surface area contributed by atoms with Crippen molar-refractivity contribution < 1.29 is 24.2 Å². The highest BCUT2D eigenvalue weighted by molar-refractivity contribution is 5.78. The average molecular weight is 426 g/mol. The van der Waals surface area contributed by atoms with E-state index >= 15 is 0 Å². The normalized spacial score (nSPS) is 24.5. The number of nitrogens with zero attached hydrogens (tertiary/aromatic N) is 3. The molecule has 2 aliphatic rings. The Morgan fingerprint density at radius 2 is 2.10 bits per heavy atom. The summed E-state index contributed by atoms with van der Waals surface area (Å²) in [4.78, 5) is 21.0. The van der Waals surface area contributed by atoms with Gasteiger partial charge in [-0.15, -0.1) is 5.10 Å². The summed E-state index contributed by atoms with van der Waals surface area (Å²) in [5.74, 6) is 0.183. The molecule has 1 aromatic rings. The molecule has 1 aromatic heterocycles. The summed E-state index contributed by atoms with van der Waals surface area (Å²) in [5, 5.41) is 21.4. The summed E-state index contributed by atoms with van der Waals surface area (Å²) in [6.07, 6.45) is 9.39. The van der Waals surface area contributed by atoms with Crippen LogP contribution in [0.3, 0.4) is 0 Å². The molecule has 30 heavy (non-hydrogen) atoms. The molecule has 0 spiro atoms. The number of carbonyl (C=O) groups excluding carboxylic acids is 1. The lowest BCUT2D eigenvalue weighted by atomic mass is 9.82. The first kappa shape index (κ1) is 24.2. The zero-order valence-electron chi connectivity index (χ0n) is 17.7. The fourth-order valence-electron chi connectivity index (χ4n) is 3.98. The second-order valence-electron chi connectivity index (χ2n) is 7.64. The zero-order valence-corrected chi connectivity index (χ0v) is 17.7. The van der Waals surface area contributed by atoms with Gasteiger partial charge < -0.3 is 25.2 Å². The highest BCUT2D eigenvalue weighted by Crippen LogP contribution is 2.28. The van der Waals surface area contributed by atoms with Crippen molar-refractivity contribution in [3.63, 3.8) is 0 Å². The van der Waals surface area contributed by atoms with E-state index in [0.717, 1.165) is 58.3 Å². The van der Waals surface area contributed by atoms with Gasteiger partial charge in [0.15, 0.2) is 0 Å². The third kappa shape index (κ3) is 8.37. The van der Waals surface area contributed by atoms with Crippen LogP contribution in [0.2, 0.25) is 0 Å². The third-order valence-corrected chi connectivity index (χ3v) is 5.48. The maximum Gasteiger partial charge on any atom is 0.290 e. The number of carboxylic acid groups (broad SMARTS) is 1. The molecule has 1 saturated carbocycles. The van der Waals surface area contributed by atoms with Crippen LogP contribution in [0, 0.1) is 5.92 Å². The molecule has 0 bridgehead atoms. The Morgan fingerprint density at radius 1 is 1.33 bits per heavy atom. The van der Waals surface area contributed by atoms with E-state index < -0.39 is 0 Å². The number of rotatable bonds is 9. The number of hydrogen-bond donors (Lipinski definition) is 3. The van der Waals surface area contributed by atoms with Gasteiger partial charge in [-0.3, -0.25) is 14.3 Å². The van der Waals surface area contributed by atoms with Crippen molar-refractivity contribution >= 4 is 12.4 Å². The average Bonchev–Trinajstić information content (AvgIpc) is 3.27. The van der Waals surface area contributed by atoms with Crippen molar-refractivity contribution in [2.24, 2.45) is 5.92 Å². The molecule has 0 radical (unpaired) electrons. The molecule has 10 heteroatoms. The van der Waals surface area contributed by atoms with Gasteiger partial charge >= 0.3 is 0 Å². The molecule has 2 fully saturated rings. The topological polar surface area (TPSA) is 128 Å². The van der Waals surface area contributed by atoms with Crippen LogP contribution < -0.4 is 10.6 Å². The van der Waals surface area contributed by atoms with E-state index in [1.807, 2.05) is 0 Å². The lowest BCUT2D eigenvalue weighted by Gasteiger charge is -2.39. The van der Waals surface area contributed by atoms with E-state index in [-0.39, 0.29) is 30.4 Å². The van der Waals surface area contributed by atoms with Gasteiger partial charge in [-0.1, -0.05) is 12.1 Å². The Kier molecular flexibility index (Phi) is 11.3. The van der Waals surface area contributed by atoms with Crippen LogP contribution in [-0.2, 0) is 25.6 Å². The first-order chi connectivity index (χ1) is 14.7. The quantitative estimate of drug-likeness (QED) is 0.497. The van der Waals surface area contributed by atoms with E-state index in [1.165, 1.54) is 0 Å². The maximum atomic E-state index is 12.6. The van der Waals surface area contributed by atoms with Gasteiger partial charge in [0.25, 0.3) is 6.47 Å². The lowest BCUT2D eigenvalue weighted by Crippen LogP contribution is -2.53. The smallest absolute Gasteiger partial charge is 0.290 e. The summed E-state index contributed by atoms with van der Waals surface area (Å²) in [6, 6.07) is 0.699. The first-order valence-corrected chi connectivity index (χ1v) is 10.8. The number of ether oxygens (including phenoxy) is 2. The Hall–Kier alpha value is -2.04. The molecule has 1 saturated heterocycles. The molecule has 1 amide bonds. The number of carbonyl (C=O) groups is 2. The molecule has 1 aliphatic carbocycles. The maximum absolute atomic E-state index is 12.6. The minimum absolute atomic E-state index is 0.0413. The van der Waals surface area contributed by atoms with Crippen LogP contribution in [0.25, 0.3) is 0 Å². The Morgan fingerprint density at radius 3 is 2.77 bits per heavy atom. The van der Waals surface area contributed by atoms with Crippen LogP contribution >= 0.6 is 0 Å². The summed E-state index contributed by atoms with van der Waals surface area (Å²) in [6.45, 7) is 5.52. The van der Waals surface area contributed by atoms with E-state index in [9.17, 15) is 4.79 Å². The van der Waals surface area contributed by atoms with Gasteiger partial charge in [0.1, 0.15) is 0 Å². The lowest BCUT2D eigenvalue weighted by molar-refractivity contribution is -0.128. The van der Waals surface area contributed by atoms with Crippen molar-refractivity contribution in [2.45, 2.75) is 70.2 Å². The highest BCUT2D eigenvalue weighted by Gasteiger charge is 2.35. The van der Waals surface area contributed by atoms with Gasteiger partial charge in [0.2, 0.25) is 5.91 Å². The van der Waals surface area contributed by atoms with Crippen molar-refractivity contribution in [3.8, 4) is 0 Å². The van der Waals surface area contributed by atoms with Crippen molar-refractivity contribution in [1.82, 2.24) is 25.6 Å². The molecular weight excluding hydrogens is 390 g/mol. The predicted octanol–water partition coefficient (Wildman–Crippen LogP) is 0.828. The summed E-state index contributed by atoms with van der Waals surface area (Å²) < 4.78 is 13.3. The number of hydrogen-bond acceptors (Lipinski definition) is 7. The standard InChI is InChI=1S/C19H33N5O3.CH2O2/c1-2-11-27-18-4-3-15(14-17(18)22-16-5-12-26-13-6-16)19(25)20-7-9-24-10-8-21-23-24;2-1-3/h8,10,15-18,22H,2-7,9,11-14H2,1H3,(H,20,25);1H,(H,2,3)/t15-,17+,18+;/m0./s1. The van der Waals surface area contributed by atoms with Crippen LogP contribution in [0.4, 0.5) is 0 Å². The van der Waals surface area contributed by atoms with Crippen molar-refractivity contribution in [1.29, 1.82) is 0 Å². The van der Waals surface area contributed by atoms with Gasteiger partial charge in [-0.05, 0) is 38.5 Å². The second-order valence-corrected chi connectivity index (χ2v) is 7.64. The Bertz CT molecular complexity index is 594. The van der Waals surface area contributed by atoms with Crippen LogP contribution in [-0.4, -0.2) is 77.0 Å². The largest absolute Gasteiger partial charge is 0.483 e. The van der Waals surface area contributed by atoms with E-state index in [4.69, 9.17) is 19.4 Å². The van der Waals surface area contributed by atoms with Crippen molar-refractivity contribution in [3.05, 3.63) is 12.4 Å². The number of nitrogens with one attached hydrogen (secondary N) is 2. The molecular formula is C20H35N5O5. The fourth-order valence-corrected chi connectivity index (χ4v) is 3.98. The van der Waals surface area contributed by atoms with Gasteiger partial charge in [0, 0.05) is 50.6 Å². The molecule has 2 heterocycles. The molecule has 1 aliphatic heterocycles. The molecule has 10 nitrogen and oxygen atoms in total. The van der Waals surface area contributed by atoms with Crippen LogP contribution in [0.5, 0.6) is 0 Å². The molecule has 170 valence electrons. The van der Waals surface area contributed by atoms with E-state index in [0.29, 0.717) is 19.1 Å². The molecule has 3 N–H and O–H groups in total. The molecule has 0 aromatic carbocycles. The van der Waals surface area contributed by atoms with Crippen molar-refractivity contribution in [2.75, 3.05) is 26.4 Å². The molecule has 3 rings (SSSR count). The van der Waals surface area contributed by atoms with Gasteiger partial charge in [-0.25, -0.2) is 0 Å². The van der Waals surface area contributed by atoms with Gasteiger partial charge in [-0.2, -0.15) is 0 Å². The molecule has 3 atom stereocenters. The first-order valence-electron chi connectivity index (χ1n) is 10.8. The fraction of sp³-hybridized carbons (Fsp3) is 0.800.